The lowest BCUT2D eigenvalue weighted by atomic mass is 9.99. The van der Waals surface area contributed by atoms with E-state index in [9.17, 15) is 19.8 Å². The minimum Gasteiger partial charge on any atom is -0.507 e. The lowest BCUT2D eigenvalue weighted by Crippen LogP contribution is -2.22. The van der Waals surface area contributed by atoms with Crippen LogP contribution in [-0.4, -0.2) is 59.8 Å². The quantitative estimate of drug-likeness (QED) is 0.365. The van der Waals surface area contributed by atoms with E-state index in [-0.39, 0.29) is 53.0 Å². The maximum Gasteiger partial charge on any atom is 0.342 e. The van der Waals surface area contributed by atoms with Gasteiger partial charge < -0.3 is 29.8 Å². The highest BCUT2D eigenvalue weighted by Gasteiger charge is 2.38. The Morgan fingerprint density at radius 3 is 2.87 bits per heavy atom. The summed E-state index contributed by atoms with van der Waals surface area (Å²) in [6, 6.07) is 0.980. The van der Waals surface area contributed by atoms with Crippen molar-refractivity contribution in [2.45, 2.75) is 38.1 Å². The Kier molecular flexibility index (Phi) is 7.19. The van der Waals surface area contributed by atoms with Gasteiger partial charge in [-0.05, 0) is 18.6 Å². The predicted octanol–water partition coefficient (Wildman–Crippen LogP) is 2.24. The van der Waals surface area contributed by atoms with Crippen LogP contribution in [0.4, 0.5) is 0 Å². The number of cyclic esters (lactones) is 1. The summed E-state index contributed by atoms with van der Waals surface area (Å²) in [6.45, 7) is 1.41. The number of amides is 1. The van der Waals surface area contributed by atoms with E-state index in [1.54, 1.807) is 25.2 Å². The molecule has 2 aliphatic rings. The Morgan fingerprint density at radius 1 is 1.35 bits per heavy atom. The minimum atomic E-state index is -0.790. The van der Waals surface area contributed by atoms with Crippen LogP contribution in [0.3, 0.4) is 0 Å². The van der Waals surface area contributed by atoms with E-state index in [0.29, 0.717) is 6.42 Å². The summed E-state index contributed by atoms with van der Waals surface area (Å²) in [6.07, 6.45) is 6.72. The highest BCUT2D eigenvalue weighted by molar-refractivity contribution is 6.33. The number of allylic oxidation sites excluding steroid dienone is 3. The van der Waals surface area contributed by atoms with E-state index >= 15 is 0 Å². The molecule has 2 aliphatic heterocycles. The number of esters is 1. The first-order chi connectivity index (χ1) is 14.8. The molecule has 10 heteroatoms. The van der Waals surface area contributed by atoms with Crippen molar-refractivity contribution >= 4 is 29.2 Å². The van der Waals surface area contributed by atoms with Crippen LogP contribution in [0, 0.1) is 0 Å². The summed E-state index contributed by atoms with van der Waals surface area (Å²) in [5.74, 6) is -2.04. The van der Waals surface area contributed by atoms with Crippen molar-refractivity contribution < 1.29 is 34.1 Å². The molecular formula is C21H23ClN2O7. The molecule has 0 spiro atoms. The summed E-state index contributed by atoms with van der Waals surface area (Å²) < 4.78 is 11.0. The molecule has 1 aromatic carbocycles. The van der Waals surface area contributed by atoms with Crippen molar-refractivity contribution in [1.29, 1.82) is 0 Å². The molecule has 0 radical (unpaired) electrons. The van der Waals surface area contributed by atoms with Crippen molar-refractivity contribution in [2.75, 3.05) is 13.7 Å². The molecular weight excluding hydrogens is 428 g/mol. The second kappa shape index (κ2) is 9.84. The first-order valence-corrected chi connectivity index (χ1v) is 10.0. The number of nitrogens with one attached hydrogen (secondary N) is 1. The fourth-order valence-electron chi connectivity index (χ4n) is 3.10. The SMILES string of the molecule is CNC(=O)CO\N=C1/C=C/C=C\[C@H]2O[C@H]2C[C@@H](C)OC(=O)c2c(O)cc(O)c(Cl)c2C1. The van der Waals surface area contributed by atoms with Crippen LogP contribution in [0.1, 0.15) is 29.3 Å². The number of hydrogen-bond acceptors (Lipinski definition) is 8. The molecule has 3 atom stereocenters. The second-order valence-corrected chi connectivity index (χ2v) is 7.50. The normalized spacial score (nSPS) is 26.6. The van der Waals surface area contributed by atoms with Gasteiger partial charge in [0.1, 0.15) is 29.3 Å². The van der Waals surface area contributed by atoms with Crippen LogP contribution < -0.4 is 5.32 Å². The van der Waals surface area contributed by atoms with Gasteiger partial charge in [0, 0.05) is 26.0 Å². The van der Waals surface area contributed by atoms with Gasteiger partial charge in [-0.2, -0.15) is 0 Å². The number of benzene rings is 1. The molecule has 3 N–H and O–H groups in total. The monoisotopic (exact) mass is 450 g/mol. The van der Waals surface area contributed by atoms with Gasteiger partial charge in [0.2, 0.25) is 0 Å². The Hall–Kier alpha value is -3.04. The molecule has 9 nitrogen and oxygen atoms in total. The fraction of sp³-hybridized carbons (Fsp3) is 0.381. The van der Waals surface area contributed by atoms with Crippen molar-refractivity contribution in [3.8, 4) is 11.5 Å². The number of oxime groups is 1. The predicted molar refractivity (Wildman–Crippen MR) is 112 cm³/mol. The van der Waals surface area contributed by atoms with E-state index < -0.39 is 23.6 Å². The fourth-order valence-corrected chi connectivity index (χ4v) is 3.31. The number of nitrogens with zero attached hydrogens (tertiary/aromatic N) is 1. The van der Waals surface area contributed by atoms with Crippen LogP contribution in [0.5, 0.6) is 11.5 Å². The van der Waals surface area contributed by atoms with Gasteiger partial charge in [-0.25, -0.2) is 4.79 Å². The smallest absolute Gasteiger partial charge is 0.342 e. The van der Waals surface area contributed by atoms with Crippen LogP contribution in [0.2, 0.25) is 5.02 Å². The van der Waals surface area contributed by atoms with Crippen molar-refractivity contribution in [3.63, 3.8) is 0 Å². The summed E-state index contributed by atoms with van der Waals surface area (Å²) in [5, 5.41) is 26.6. The van der Waals surface area contributed by atoms with Crippen LogP contribution in [0.15, 0.2) is 35.5 Å². The summed E-state index contributed by atoms with van der Waals surface area (Å²) >= 11 is 6.25. The average molecular weight is 451 g/mol. The Labute approximate surface area is 183 Å². The van der Waals surface area contributed by atoms with Crippen molar-refractivity contribution in [3.05, 3.63) is 46.5 Å². The highest BCUT2D eigenvalue weighted by Crippen LogP contribution is 2.38. The molecule has 3 rings (SSSR count). The number of phenols is 2. The molecule has 0 unspecified atom stereocenters. The molecule has 1 saturated heterocycles. The third-order valence-electron chi connectivity index (χ3n) is 4.73. The number of phenolic OH excluding ortho intramolecular Hbond substituents is 2. The maximum atomic E-state index is 12.8. The number of carbonyl (C=O) groups is 2. The number of fused-ring (bicyclic) bond motifs is 2. The molecule has 166 valence electrons. The number of carbonyl (C=O) groups excluding carboxylic acids is 2. The van der Waals surface area contributed by atoms with Gasteiger partial charge in [0.05, 0.1) is 16.8 Å². The molecule has 1 amide bonds. The van der Waals surface area contributed by atoms with Crippen LogP contribution in [-0.2, 0) is 25.5 Å². The van der Waals surface area contributed by atoms with Crippen LogP contribution in [0.25, 0.3) is 0 Å². The number of hydrogen-bond donors (Lipinski definition) is 3. The second-order valence-electron chi connectivity index (χ2n) is 7.12. The van der Waals surface area contributed by atoms with Crippen molar-refractivity contribution in [2.24, 2.45) is 5.16 Å². The molecule has 0 bridgehead atoms. The van der Waals surface area contributed by atoms with Gasteiger partial charge in [-0.15, -0.1) is 0 Å². The van der Waals surface area contributed by atoms with Gasteiger partial charge in [0.15, 0.2) is 6.61 Å². The molecule has 0 aromatic heterocycles. The summed E-state index contributed by atoms with van der Waals surface area (Å²) in [7, 11) is 1.46. The molecule has 2 heterocycles. The maximum absolute atomic E-state index is 12.8. The number of halogens is 1. The van der Waals surface area contributed by atoms with E-state index in [1.165, 1.54) is 7.05 Å². The molecule has 0 aliphatic carbocycles. The third kappa shape index (κ3) is 5.77. The summed E-state index contributed by atoms with van der Waals surface area (Å²) in [4.78, 5) is 29.3. The van der Waals surface area contributed by atoms with Gasteiger partial charge >= 0.3 is 5.97 Å². The summed E-state index contributed by atoms with van der Waals surface area (Å²) in [5.41, 5.74) is 0.223. The number of epoxide rings is 1. The highest BCUT2D eigenvalue weighted by atomic mass is 35.5. The molecule has 1 fully saturated rings. The molecule has 1 aromatic rings. The average Bonchev–Trinajstić information content (AvgIpc) is 3.45. The lowest BCUT2D eigenvalue weighted by molar-refractivity contribution is -0.125. The molecule has 0 saturated carbocycles. The number of rotatable bonds is 3. The minimum absolute atomic E-state index is 0.0732. The van der Waals surface area contributed by atoms with Crippen LogP contribution >= 0.6 is 11.6 Å². The van der Waals surface area contributed by atoms with Gasteiger partial charge in [-0.1, -0.05) is 35.0 Å². The number of ether oxygens (including phenoxy) is 2. The zero-order chi connectivity index (χ0) is 22.5. The zero-order valence-corrected chi connectivity index (χ0v) is 17.8. The van der Waals surface area contributed by atoms with Gasteiger partial charge in [0.25, 0.3) is 5.91 Å². The standard InChI is InChI=1S/C21H23ClN2O7/c1-11-7-17-16(31-17)6-4-3-5-12(24-29-10-18(27)23-2)8-13-19(21(28)30-11)14(25)9-15(26)20(13)22/h3-6,9,11,16-17,25-26H,7-8,10H2,1-2H3,(H,23,27)/b5-3+,6-4-,24-12+/t11-,16-,17+/m1/s1. The topological polar surface area (TPSA) is 130 Å². The number of likely N-dealkylation sites (N-methyl/N-ethyl adjacent to an activating group) is 1. The van der Waals surface area contributed by atoms with E-state index in [2.05, 4.69) is 10.5 Å². The van der Waals surface area contributed by atoms with E-state index in [4.69, 9.17) is 25.9 Å². The third-order valence-corrected chi connectivity index (χ3v) is 5.16. The molecule has 31 heavy (non-hydrogen) atoms. The number of aromatic hydroxyl groups is 2. The van der Waals surface area contributed by atoms with E-state index in [0.717, 1.165) is 6.07 Å². The van der Waals surface area contributed by atoms with Crippen molar-refractivity contribution in [1.82, 2.24) is 5.32 Å². The first-order valence-electron chi connectivity index (χ1n) is 9.64. The Balaban J connectivity index is 2.00. The first kappa shape index (κ1) is 22.6. The van der Waals surface area contributed by atoms with E-state index in [1.807, 2.05) is 6.08 Å². The van der Waals surface area contributed by atoms with Gasteiger partial charge in [-0.3, -0.25) is 4.79 Å². The Morgan fingerprint density at radius 2 is 2.13 bits per heavy atom. The Bertz CT molecular complexity index is 958. The largest absolute Gasteiger partial charge is 0.507 e. The lowest BCUT2D eigenvalue weighted by Gasteiger charge is -2.17. The zero-order valence-electron chi connectivity index (χ0n) is 17.0.